The lowest BCUT2D eigenvalue weighted by Gasteiger charge is -2.45. The lowest BCUT2D eigenvalue weighted by molar-refractivity contribution is 0.0694. The summed E-state index contributed by atoms with van der Waals surface area (Å²) in [5.74, 6) is 0.800. The highest BCUT2D eigenvalue weighted by Crippen LogP contribution is 2.51. The van der Waals surface area contributed by atoms with Crippen LogP contribution in [0.25, 0.3) is 0 Å². The maximum absolute atomic E-state index is 14.5. The molecule has 0 bridgehead atoms. The maximum Gasteiger partial charge on any atom is 0.335 e. The summed E-state index contributed by atoms with van der Waals surface area (Å²) < 4.78 is 29.1. The zero-order valence-electron chi connectivity index (χ0n) is 17.1. The van der Waals surface area contributed by atoms with E-state index in [9.17, 15) is 13.6 Å². The summed E-state index contributed by atoms with van der Waals surface area (Å²) in [6.07, 6.45) is 13.7. The number of halogens is 2. The predicted molar refractivity (Wildman–Crippen MR) is 110 cm³/mol. The summed E-state index contributed by atoms with van der Waals surface area (Å²) in [6.45, 7) is 3.95. The number of carboxylic acids is 1. The summed E-state index contributed by atoms with van der Waals surface area (Å²) in [4.78, 5) is 11.0. The molecule has 0 spiro atoms. The molecule has 0 amide bonds. The smallest absolute Gasteiger partial charge is 0.335 e. The third-order valence-corrected chi connectivity index (χ3v) is 8.20. The molecule has 1 aromatic carbocycles. The van der Waals surface area contributed by atoms with E-state index in [1.807, 2.05) is 0 Å². The Morgan fingerprint density at radius 2 is 1.38 bits per heavy atom. The Morgan fingerprint density at radius 1 is 0.862 bits per heavy atom. The number of hydrogen-bond acceptors (Lipinski definition) is 1. The molecule has 0 saturated heterocycles. The number of fused-ring (bicyclic) bond motifs is 1. The average Bonchev–Trinajstić information content (AvgIpc) is 2.72. The molecule has 29 heavy (non-hydrogen) atoms. The zero-order valence-corrected chi connectivity index (χ0v) is 17.1. The van der Waals surface area contributed by atoms with Crippen molar-refractivity contribution in [3.63, 3.8) is 0 Å². The summed E-state index contributed by atoms with van der Waals surface area (Å²) in [7, 11) is 0. The van der Waals surface area contributed by atoms with Gasteiger partial charge in [0.1, 0.15) is 11.6 Å². The predicted octanol–water partition coefficient (Wildman–Crippen LogP) is 6.96. The van der Waals surface area contributed by atoms with Crippen LogP contribution in [-0.2, 0) is 0 Å². The van der Waals surface area contributed by atoms with Crippen molar-refractivity contribution in [3.8, 4) is 0 Å². The first-order valence-corrected chi connectivity index (χ1v) is 11.3. The standard InChI is InChI=1S/C25H32F2O2/c1-2-15-3-5-16(6-4-15)17-7-8-19-12-20(10-9-18(19)11-17)24-22(26)13-21(25(28)29)14-23(24)27/h2,13-20H,1,3-12H2,(H,28,29). The van der Waals surface area contributed by atoms with Crippen molar-refractivity contribution in [2.75, 3.05) is 0 Å². The van der Waals surface area contributed by atoms with Crippen molar-refractivity contribution in [2.45, 2.75) is 70.1 Å². The van der Waals surface area contributed by atoms with Crippen LogP contribution < -0.4 is 0 Å². The van der Waals surface area contributed by atoms with Crippen LogP contribution in [0.2, 0.25) is 0 Å². The Labute approximate surface area is 172 Å². The molecule has 4 rings (SSSR count). The third-order valence-electron chi connectivity index (χ3n) is 8.20. The molecule has 3 fully saturated rings. The maximum atomic E-state index is 14.5. The molecule has 3 saturated carbocycles. The third kappa shape index (κ3) is 4.27. The quantitative estimate of drug-likeness (QED) is 0.553. The van der Waals surface area contributed by atoms with Gasteiger partial charge in [-0.2, -0.15) is 0 Å². The van der Waals surface area contributed by atoms with Gasteiger partial charge in [-0.15, -0.1) is 6.58 Å². The van der Waals surface area contributed by atoms with Gasteiger partial charge in [0.05, 0.1) is 5.56 Å². The summed E-state index contributed by atoms with van der Waals surface area (Å²) in [5, 5.41) is 9.01. The van der Waals surface area contributed by atoms with Gasteiger partial charge >= 0.3 is 5.97 Å². The van der Waals surface area contributed by atoms with E-state index in [1.54, 1.807) is 0 Å². The molecule has 4 unspecified atom stereocenters. The van der Waals surface area contributed by atoms with Crippen LogP contribution in [0, 0.1) is 41.2 Å². The molecule has 158 valence electrons. The number of carbonyl (C=O) groups is 1. The van der Waals surface area contributed by atoms with Crippen molar-refractivity contribution in [1.29, 1.82) is 0 Å². The van der Waals surface area contributed by atoms with Crippen molar-refractivity contribution in [2.24, 2.45) is 29.6 Å². The second kappa shape index (κ2) is 8.57. The molecular weight excluding hydrogens is 370 g/mol. The average molecular weight is 403 g/mol. The minimum Gasteiger partial charge on any atom is -0.478 e. The molecule has 3 aliphatic carbocycles. The van der Waals surface area contributed by atoms with Gasteiger partial charge in [-0.05, 0) is 112 Å². The van der Waals surface area contributed by atoms with Gasteiger partial charge in [0.15, 0.2) is 0 Å². The largest absolute Gasteiger partial charge is 0.478 e. The highest BCUT2D eigenvalue weighted by atomic mass is 19.1. The van der Waals surface area contributed by atoms with Crippen LogP contribution >= 0.6 is 0 Å². The minimum atomic E-state index is -1.29. The number of benzene rings is 1. The van der Waals surface area contributed by atoms with Gasteiger partial charge < -0.3 is 5.11 Å². The van der Waals surface area contributed by atoms with E-state index >= 15 is 0 Å². The van der Waals surface area contributed by atoms with Gasteiger partial charge in [-0.1, -0.05) is 6.08 Å². The Hall–Kier alpha value is -1.71. The van der Waals surface area contributed by atoms with E-state index in [-0.39, 0.29) is 17.0 Å². The van der Waals surface area contributed by atoms with Gasteiger partial charge in [0.25, 0.3) is 0 Å². The molecule has 3 aliphatic rings. The van der Waals surface area contributed by atoms with Crippen LogP contribution in [0.5, 0.6) is 0 Å². The summed E-state index contributed by atoms with van der Waals surface area (Å²) in [6, 6.07) is 1.95. The van der Waals surface area contributed by atoms with Crippen LogP contribution in [0.4, 0.5) is 8.78 Å². The van der Waals surface area contributed by atoms with Crippen molar-refractivity contribution in [3.05, 3.63) is 47.5 Å². The number of rotatable bonds is 4. The Kier molecular flexibility index (Phi) is 6.08. The topological polar surface area (TPSA) is 37.3 Å². The molecule has 4 heteroatoms. The number of carboxylic acid groups (broad SMARTS) is 1. The second-order valence-corrected chi connectivity index (χ2v) is 9.67. The normalized spacial score (nSPS) is 35.0. The highest BCUT2D eigenvalue weighted by molar-refractivity contribution is 5.87. The fourth-order valence-electron chi connectivity index (χ4n) is 6.57. The lowest BCUT2D eigenvalue weighted by atomic mass is 9.60. The fourth-order valence-corrected chi connectivity index (χ4v) is 6.57. The first-order chi connectivity index (χ1) is 14.0. The van der Waals surface area contributed by atoms with E-state index in [0.717, 1.165) is 43.2 Å². The Bertz CT molecular complexity index is 743. The van der Waals surface area contributed by atoms with E-state index in [1.165, 1.54) is 44.9 Å². The SMILES string of the molecule is C=CC1CCC(C2CCC3CC(c4c(F)cc(C(=O)O)cc4F)CCC3C2)CC1. The van der Waals surface area contributed by atoms with E-state index in [0.29, 0.717) is 17.8 Å². The molecule has 0 radical (unpaired) electrons. The van der Waals surface area contributed by atoms with Gasteiger partial charge in [0.2, 0.25) is 0 Å². The summed E-state index contributed by atoms with van der Waals surface area (Å²) in [5.41, 5.74) is -0.206. The monoisotopic (exact) mass is 402 g/mol. The Balaban J connectivity index is 1.39. The molecule has 1 aromatic rings. The number of hydrogen-bond donors (Lipinski definition) is 1. The zero-order chi connectivity index (χ0) is 20.5. The van der Waals surface area contributed by atoms with Crippen molar-refractivity contribution in [1.82, 2.24) is 0 Å². The fraction of sp³-hybridized carbons (Fsp3) is 0.640. The molecular formula is C25H32F2O2. The first-order valence-electron chi connectivity index (χ1n) is 11.3. The van der Waals surface area contributed by atoms with Gasteiger partial charge in [-0.3, -0.25) is 0 Å². The van der Waals surface area contributed by atoms with Crippen LogP contribution in [0.1, 0.15) is 86.0 Å². The highest BCUT2D eigenvalue weighted by Gasteiger charge is 2.40. The van der Waals surface area contributed by atoms with Crippen LogP contribution in [0.3, 0.4) is 0 Å². The molecule has 4 atom stereocenters. The molecule has 1 N–H and O–H groups in total. The van der Waals surface area contributed by atoms with E-state index in [2.05, 4.69) is 12.7 Å². The van der Waals surface area contributed by atoms with Crippen LogP contribution in [0.15, 0.2) is 24.8 Å². The van der Waals surface area contributed by atoms with Gasteiger partial charge in [-0.25, -0.2) is 13.6 Å². The summed E-state index contributed by atoms with van der Waals surface area (Å²) >= 11 is 0. The second-order valence-electron chi connectivity index (χ2n) is 9.67. The number of aromatic carboxylic acids is 1. The minimum absolute atomic E-state index is 0.110. The molecule has 0 aromatic heterocycles. The van der Waals surface area contributed by atoms with Gasteiger partial charge in [0, 0.05) is 5.56 Å². The molecule has 2 nitrogen and oxygen atoms in total. The van der Waals surface area contributed by atoms with Crippen molar-refractivity contribution >= 4 is 5.97 Å². The van der Waals surface area contributed by atoms with E-state index in [4.69, 9.17) is 5.11 Å². The van der Waals surface area contributed by atoms with E-state index < -0.39 is 17.6 Å². The van der Waals surface area contributed by atoms with Crippen molar-refractivity contribution < 1.29 is 18.7 Å². The number of allylic oxidation sites excluding steroid dienone is 1. The Morgan fingerprint density at radius 3 is 1.97 bits per heavy atom. The molecule has 0 aliphatic heterocycles. The first kappa shape index (κ1) is 20.6. The molecule has 0 heterocycles. The van der Waals surface area contributed by atoms with Crippen LogP contribution in [-0.4, -0.2) is 11.1 Å². The lowest BCUT2D eigenvalue weighted by Crippen LogP contribution is -2.34.